The van der Waals surface area contributed by atoms with E-state index >= 15 is 0 Å². The molecule has 0 atom stereocenters. The molecule has 1 aliphatic carbocycles. The van der Waals surface area contributed by atoms with Crippen LogP contribution in [0, 0.1) is 0 Å². The third-order valence-corrected chi connectivity index (χ3v) is 4.31. The van der Waals surface area contributed by atoms with Crippen molar-refractivity contribution in [3.05, 3.63) is 28.2 Å². The fourth-order valence-electron chi connectivity index (χ4n) is 2.41. The minimum atomic E-state index is -0.340. The lowest BCUT2D eigenvalue weighted by atomic mass is 9.77. The molecule has 0 aliphatic heterocycles. The smallest absolute Gasteiger partial charge is 0.227 e. The van der Waals surface area contributed by atoms with Crippen LogP contribution in [-0.4, -0.2) is 29.7 Å². The Morgan fingerprint density at radius 1 is 1.57 bits per heavy atom. The van der Waals surface area contributed by atoms with Crippen molar-refractivity contribution in [3.63, 3.8) is 0 Å². The van der Waals surface area contributed by atoms with Gasteiger partial charge >= 0.3 is 0 Å². The Hall–Kier alpha value is -1.60. The topological polar surface area (TPSA) is 96.9 Å². The summed E-state index contributed by atoms with van der Waals surface area (Å²) in [5.41, 5.74) is 6.24. The molecule has 0 aromatic heterocycles. The van der Waals surface area contributed by atoms with Crippen molar-refractivity contribution in [2.75, 3.05) is 12.4 Å². The summed E-state index contributed by atoms with van der Waals surface area (Å²) in [7, 11) is 1.63. The maximum absolute atomic E-state index is 12.2. The van der Waals surface area contributed by atoms with Gasteiger partial charge in [-0.2, -0.15) is 0 Å². The van der Waals surface area contributed by atoms with Gasteiger partial charge in [0.05, 0.1) is 17.7 Å². The second-order valence-electron chi connectivity index (χ2n) is 5.14. The van der Waals surface area contributed by atoms with Crippen LogP contribution in [-0.2, 0) is 9.53 Å². The molecule has 1 fully saturated rings. The molecule has 0 heterocycles. The first-order chi connectivity index (χ1) is 9.99. The van der Waals surface area contributed by atoms with E-state index in [-0.39, 0.29) is 17.3 Å². The predicted octanol–water partition coefficient (Wildman–Crippen LogP) is 2.44. The summed E-state index contributed by atoms with van der Waals surface area (Å²) in [5.74, 6) is -0.204. The number of anilines is 1. The third-order valence-electron chi connectivity index (χ3n) is 3.82. The van der Waals surface area contributed by atoms with Crippen LogP contribution >= 0.6 is 15.9 Å². The first-order valence-corrected chi connectivity index (χ1v) is 7.41. The van der Waals surface area contributed by atoms with Gasteiger partial charge in [0.15, 0.2) is 5.84 Å². The van der Waals surface area contributed by atoms with Crippen molar-refractivity contribution in [2.45, 2.75) is 31.3 Å². The van der Waals surface area contributed by atoms with Crippen molar-refractivity contribution in [1.29, 1.82) is 0 Å². The summed E-state index contributed by atoms with van der Waals surface area (Å²) < 4.78 is 6.24. The molecule has 0 spiro atoms. The first-order valence-electron chi connectivity index (χ1n) is 6.62. The normalized spacial score (nSPS) is 17.1. The molecule has 21 heavy (non-hydrogen) atoms. The van der Waals surface area contributed by atoms with Crippen molar-refractivity contribution in [2.24, 2.45) is 10.9 Å². The number of rotatable bonds is 5. The molecule has 0 radical (unpaired) electrons. The van der Waals surface area contributed by atoms with Gasteiger partial charge in [-0.15, -0.1) is 0 Å². The number of halogens is 1. The number of nitrogens with zero attached hydrogens (tertiary/aromatic N) is 1. The molecule has 6 nitrogen and oxygen atoms in total. The van der Waals surface area contributed by atoms with Crippen molar-refractivity contribution >= 4 is 33.4 Å². The summed E-state index contributed by atoms with van der Waals surface area (Å²) >= 11 is 3.34. The lowest BCUT2D eigenvalue weighted by molar-refractivity contribution is -0.129. The summed E-state index contributed by atoms with van der Waals surface area (Å²) in [6.45, 7) is 0. The summed E-state index contributed by atoms with van der Waals surface area (Å²) in [5, 5.41) is 14.6. The zero-order valence-corrected chi connectivity index (χ0v) is 13.3. The van der Waals surface area contributed by atoms with Gasteiger partial charge in [-0.3, -0.25) is 4.79 Å². The van der Waals surface area contributed by atoms with E-state index < -0.39 is 0 Å². The monoisotopic (exact) mass is 355 g/mol. The molecule has 1 aromatic carbocycles. The zero-order chi connectivity index (χ0) is 15.5. The highest BCUT2D eigenvalue weighted by atomic mass is 79.9. The zero-order valence-electron chi connectivity index (χ0n) is 11.7. The van der Waals surface area contributed by atoms with Crippen LogP contribution in [0.15, 0.2) is 27.8 Å². The van der Waals surface area contributed by atoms with Crippen LogP contribution in [0.5, 0.6) is 0 Å². The number of methoxy groups -OCH3 is 1. The van der Waals surface area contributed by atoms with E-state index in [1.54, 1.807) is 25.3 Å². The van der Waals surface area contributed by atoms with E-state index in [2.05, 4.69) is 26.4 Å². The van der Waals surface area contributed by atoms with Crippen LogP contribution in [0.1, 0.15) is 31.2 Å². The van der Waals surface area contributed by atoms with Gasteiger partial charge < -0.3 is 21.0 Å². The maximum atomic E-state index is 12.2. The fourth-order valence-corrected chi connectivity index (χ4v) is 2.77. The summed E-state index contributed by atoms with van der Waals surface area (Å²) in [4.78, 5) is 12.2. The van der Waals surface area contributed by atoms with Gasteiger partial charge in [0.25, 0.3) is 0 Å². The van der Waals surface area contributed by atoms with E-state index in [0.29, 0.717) is 17.7 Å². The van der Waals surface area contributed by atoms with E-state index in [4.69, 9.17) is 15.7 Å². The molecule has 7 heteroatoms. The van der Waals surface area contributed by atoms with Crippen molar-refractivity contribution in [1.82, 2.24) is 0 Å². The molecule has 0 bridgehead atoms. The highest BCUT2D eigenvalue weighted by Crippen LogP contribution is 2.38. The van der Waals surface area contributed by atoms with Gasteiger partial charge in [-0.1, -0.05) is 21.1 Å². The van der Waals surface area contributed by atoms with Crippen LogP contribution in [0.4, 0.5) is 5.69 Å². The number of amides is 1. The lowest BCUT2D eigenvalue weighted by Crippen LogP contribution is -2.42. The average Bonchev–Trinajstić information content (AvgIpc) is 2.42. The quantitative estimate of drug-likeness (QED) is 0.327. The van der Waals surface area contributed by atoms with Gasteiger partial charge in [0, 0.05) is 17.1 Å². The third kappa shape index (κ3) is 3.54. The van der Waals surface area contributed by atoms with Crippen LogP contribution in [0.3, 0.4) is 0 Å². The molecular formula is C14H18BrN3O3. The number of hydrogen-bond acceptors (Lipinski definition) is 4. The number of oxime groups is 1. The number of carbonyl (C=O) groups excluding carboxylic acids is 1. The number of nitrogens with one attached hydrogen (secondary N) is 1. The Bertz CT molecular complexity index is 565. The summed E-state index contributed by atoms with van der Waals surface area (Å²) in [6.07, 6.45) is 3.16. The van der Waals surface area contributed by atoms with Gasteiger partial charge in [-0.05, 0) is 37.5 Å². The molecule has 4 N–H and O–H groups in total. The lowest BCUT2D eigenvalue weighted by Gasteiger charge is -2.39. The molecular weight excluding hydrogens is 338 g/mol. The Morgan fingerprint density at radius 3 is 2.81 bits per heavy atom. The number of amidine groups is 1. The molecule has 2 rings (SSSR count). The minimum absolute atomic E-state index is 0.0529. The van der Waals surface area contributed by atoms with Crippen LogP contribution < -0.4 is 11.1 Å². The number of carbonyl (C=O) groups is 1. The SMILES string of the molecule is COC1(CC(=O)Nc2cc(Br)ccc2/C(N)=N/O)CCC1. The molecule has 1 aromatic rings. The number of nitrogens with two attached hydrogens (primary N) is 1. The fraction of sp³-hybridized carbons (Fsp3) is 0.429. The number of hydrogen-bond donors (Lipinski definition) is 3. The molecule has 1 saturated carbocycles. The second-order valence-corrected chi connectivity index (χ2v) is 6.06. The molecule has 114 valence electrons. The van der Waals surface area contributed by atoms with Crippen LogP contribution in [0.2, 0.25) is 0 Å². The Morgan fingerprint density at radius 2 is 2.29 bits per heavy atom. The van der Waals surface area contributed by atoms with E-state index in [1.807, 2.05) is 0 Å². The standard InChI is InChI=1S/C14H18BrN3O3/c1-21-14(5-2-6-14)8-12(19)17-11-7-9(15)3-4-10(11)13(16)18-20/h3-4,7,20H,2,5-6,8H2,1H3,(H2,16,18)(H,17,19). The highest BCUT2D eigenvalue weighted by Gasteiger charge is 2.39. The second kappa shape index (κ2) is 6.44. The Balaban J connectivity index is 2.15. The number of benzene rings is 1. The highest BCUT2D eigenvalue weighted by molar-refractivity contribution is 9.10. The van der Waals surface area contributed by atoms with Gasteiger partial charge in [0.2, 0.25) is 5.91 Å². The van der Waals surface area contributed by atoms with E-state index in [0.717, 1.165) is 23.7 Å². The van der Waals surface area contributed by atoms with Gasteiger partial charge in [0.1, 0.15) is 0 Å². The molecule has 0 saturated heterocycles. The first kappa shape index (κ1) is 15.8. The molecule has 1 aliphatic rings. The van der Waals surface area contributed by atoms with E-state index in [9.17, 15) is 4.79 Å². The minimum Gasteiger partial charge on any atom is -0.409 e. The average molecular weight is 356 g/mol. The Labute approximate surface area is 131 Å². The van der Waals surface area contributed by atoms with Gasteiger partial charge in [-0.25, -0.2) is 0 Å². The predicted molar refractivity (Wildman–Crippen MR) is 83.5 cm³/mol. The molecule has 1 amide bonds. The number of ether oxygens (including phenoxy) is 1. The van der Waals surface area contributed by atoms with Crippen molar-refractivity contribution in [3.8, 4) is 0 Å². The Kier molecular flexibility index (Phi) is 4.84. The summed E-state index contributed by atoms with van der Waals surface area (Å²) in [6, 6.07) is 5.14. The maximum Gasteiger partial charge on any atom is 0.227 e. The van der Waals surface area contributed by atoms with Crippen molar-refractivity contribution < 1.29 is 14.7 Å². The van der Waals surface area contributed by atoms with Crippen LogP contribution in [0.25, 0.3) is 0 Å². The molecule has 0 unspecified atom stereocenters. The largest absolute Gasteiger partial charge is 0.409 e. The van der Waals surface area contributed by atoms with E-state index in [1.165, 1.54) is 0 Å².